The molecule has 10 nitrogen and oxygen atoms in total. The standard InChI is InChI=1S/C28H40N8O2/c1-4-13-34(14-5-2)15-16-35-17-19-36(20-18-35)22-27(38)31-26-21-25(30-12-11-29-23(3)37)32-28(33-26)24-9-7-6-8-10-24/h4-10,21H,1-2,11-20,22H2,3H3,(H,29,37)(H2,30,31,32,33,38). The molecule has 0 radical (unpaired) electrons. The zero-order valence-electron chi connectivity index (χ0n) is 22.4. The maximum absolute atomic E-state index is 12.9. The van der Waals surface area contributed by atoms with Crippen LogP contribution in [0.4, 0.5) is 11.6 Å². The second-order valence-electron chi connectivity index (χ2n) is 9.24. The predicted molar refractivity (Wildman–Crippen MR) is 153 cm³/mol. The molecule has 0 atom stereocenters. The number of hydrogen-bond donors (Lipinski definition) is 3. The number of carbonyl (C=O) groups is 2. The van der Waals surface area contributed by atoms with Gasteiger partial charge >= 0.3 is 0 Å². The van der Waals surface area contributed by atoms with E-state index in [4.69, 9.17) is 0 Å². The zero-order valence-corrected chi connectivity index (χ0v) is 22.4. The fourth-order valence-electron chi connectivity index (χ4n) is 4.21. The van der Waals surface area contributed by atoms with Crippen LogP contribution in [-0.2, 0) is 9.59 Å². The summed E-state index contributed by atoms with van der Waals surface area (Å²) in [6, 6.07) is 11.3. The highest BCUT2D eigenvalue weighted by atomic mass is 16.2. The van der Waals surface area contributed by atoms with Crippen LogP contribution < -0.4 is 16.0 Å². The van der Waals surface area contributed by atoms with Crippen molar-refractivity contribution in [2.24, 2.45) is 0 Å². The quantitative estimate of drug-likeness (QED) is 0.242. The van der Waals surface area contributed by atoms with E-state index in [2.05, 4.69) is 53.8 Å². The summed E-state index contributed by atoms with van der Waals surface area (Å²) < 4.78 is 0. The van der Waals surface area contributed by atoms with Crippen LogP contribution in [0.2, 0.25) is 0 Å². The molecule has 2 amide bonds. The molecular weight excluding hydrogens is 480 g/mol. The van der Waals surface area contributed by atoms with Crippen LogP contribution in [0.25, 0.3) is 11.4 Å². The van der Waals surface area contributed by atoms with Gasteiger partial charge in [-0.3, -0.25) is 24.3 Å². The SMILES string of the molecule is C=CCN(CC=C)CCN1CCN(CC(=O)Nc2cc(NCCNC(C)=O)nc(-c3ccccc3)n2)CC1. The maximum Gasteiger partial charge on any atom is 0.239 e. The third-order valence-electron chi connectivity index (χ3n) is 6.17. The molecule has 0 unspecified atom stereocenters. The first kappa shape index (κ1) is 29.0. The topological polar surface area (TPSA) is 106 Å². The van der Waals surface area contributed by atoms with Crippen LogP contribution >= 0.6 is 0 Å². The normalized spacial score (nSPS) is 14.2. The number of hydrogen-bond acceptors (Lipinski definition) is 8. The van der Waals surface area contributed by atoms with Gasteiger partial charge < -0.3 is 16.0 Å². The van der Waals surface area contributed by atoms with Gasteiger partial charge in [0.25, 0.3) is 0 Å². The molecule has 1 aromatic heterocycles. The minimum atomic E-state index is -0.108. The molecule has 0 saturated carbocycles. The lowest BCUT2D eigenvalue weighted by Crippen LogP contribution is -2.50. The fourth-order valence-corrected chi connectivity index (χ4v) is 4.21. The highest BCUT2D eigenvalue weighted by molar-refractivity contribution is 5.92. The predicted octanol–water partition coefficient (Wildman–Crippen LogP) is 1.92. The van der Waals surface area contributed by atoms with Gasteiger partial charge in [0.2, 0.25) is 11.8 Å². The molecule has 3 N–H and O–H groups in total. The van der Waals surface area contributed by atoms with Crippen molar-refractivity contribution in [2.45, 2.75) is 6.92 Å². The summed E-state index contributed by atoms with van der Waals surface area (Å²) in [5.41, 5.74) is 0.851. The van der Waals surface area contributed by atoms with Crippen LogP contribution in [0.5, 0.6) is 0 Å². The molecular formula is C28H40N8O2. The minimum Gasteiger partial charge on any atom is -0.368 e. The van der Waals surface area contributed by atoms with Crippen LogP contribution in [0.15, 0.2) is 61.7 Å². The number of benzene rings is 1. The molecule has 3 rings (SSSR count). The number of piperazine rings is 1. The van der Waals surface area contributed by atoms with E-state index in [1.807, 2.05) is 42.5 Å². The summed E-state index contributed by atoms with van der Waals surface area (Å²) in [5.74, 6) is 1.34. The van der Waals surface area contributed by atoms with Crippen molar-refractivity contribution in [1.29, 1.82) is 0 Å². The van der Waals surface area contributed by atoms with Gasteiger partial charge in [-0.25, -0.2) is 9.97 Å². The minimum absolute atomic E-state index is 0.0874. The lowest BCUT2D eigenvalue weighted by Gasteiger charge is -2.35. The van der Waals surface area contributed by atoms with E-state index in [9.17, 15) is 9.59 Å². The Kier molecular flexibility index (Phi) is 11.9. The van der Waals surface area contributed by atoms with Crippen LogP contribution in [0.3, 0.4) is 0 Å². The van der Waals surface area contributed by atoms with E-state index in [1.54, 1.807) is 6.07 Å². The first-order valence-corrected chi connectivity index (χ1v) is 13.1. The Morgan fingerprint density at radius 2 is 1.63 bits per heavy atom. The van der Waals surface area contributed by atoms with E-state index in [1.165, 1.54) is 6.92 Å². The van der Waals surface area contributed by atoms with E-state index < -0.39 is 0 Å². The number of nitrogens with one attached hydrogen (secondary N) is 3. The highest BCUT2D eigenvalue weighted by Gasteiger charge is 2.20. The van der Waals surface area contributed by atoms with Crippen molar-refractivity contribution >= 4 is 23.5 Å². The van der Waals surface area contributed by atoms with Crippen LogP contribution in [0, 0.1) is 0 Å². The molecule has 10 heteroatoms. The third kappa shape index (κ3) is 10.0. The number of aromatic nitrogens is 2. The van der Waals surface area contributed by atoms with Crippen molar-refractivity contribution in [3.8, 4) is 11.4 Å². The first-order chi connectivity index (χ1) is 18.5. The largest absolute Gasteiger partial charge is 0.368 e. The van der Waals surface area contributed by atoms with Crippen molar-refractivity contribution in [3.63, 3.8) is 0 Å². The summed E-state index contributed by atoms with van der Waals surface area (Å²) >= 11 is 0. The van der Waals surface area contributed by atoms with E-state index in [-0.39, 0.29) is 11.8 Å². The molecule has 0 aliphatic carbocycles. The average molecular weight is 521 g/mol. The third-order valence-corrected chi connectivity index (χ3v) is 6.17. The Morgan fingerprint density at radius 1 is 0.974 bits per heavy atom. The van der Waals surface area contributed by atoms with Crippen LogP contribution in [-0.4, -0.2) is 108 Å². The Labute approximate surface area is 225 Å². The number of rotatable bonds is 15. The first-order valence-electron chi connectivity index (χ1n) is 13.1. The summed E-state index contributed by atoms with van der Waals surface area (Å²) in [6.45, 7) is 17.6. The van der Waals surface area contributed by atoms with Gasteiger partial charge in [0.1, 0.15) is 11.6 Å². The molecule has 0 bridgehead atoms. The fraction of sp³-hybridized carbons (Fsp3) is 0.429. The smallest absolute Gasteiger partial charge is 0.239 e. The van der Waals surface area contributed by atoms with E-state index in [0.717, 1.165) is 57.9 Å². The van der Waals surface area contributed by atoms with Crippen molar-refractivity contribution in [2.75, 3.05) is 82.6 Å². The van der Waals surface area contributed by atoms with Gasteiger partial charge in [-0.05, 0) is 0 Å². The molecule has 2 aromatic rings. The van der Waals surface area contributed by atoms with Crippen molar-refractivity contribution < 1.29 is 9.59 Å². The summed E-state index contributed by atoms with van der Waals surface area (Å²) in [6.07, 6.45) is 3.84. The molecule has 1 aliphatic rings. The average Bonchev–Trinajstić information content (AvgIpc) is 2.91. The Balaban J connectivity index is 1.53. The molecule has 0 spiro atoms. The Bertz CT molecular complexity index is 1040. The van der Waals surface area contributed by atoms with Gasteiger partial charge in [-0.2, -0.15) is 0 Å². The zero-order chi connectivity index (χ0) is 27.2. The van der Waals surface area contributed by atoms with Gasteiger partial charge in [0.05, 0.1) is 6.54 Å². The number of carbonyl (C=O) groups excluding carboxylic acids is 2. The van der Waals surface area contributed by atoms with Gasteiger partial charge in [-0.15, -0.1) is 13.2 Å². The van der Waals surface area contributed by atoms with E-state index in [0.29, 0.717) is 37.1 Å². The summed E-state index contributed by atoms with van der Waals surface area (Å²) in [5, 5.41) is 8.89. The molecule has 1 saturated heterocycles. The lowest BCUT2D eigenvalue weighted by molar-refractivity contribution is -0.119. The molecule has 2 heterocycles. The second-order valence-corrected chi connectivity index (χ2v) is 9.24. The monoisotopic (exact) mass is 520 g/mol. The molecule has 38 heavy (non-hydrogen) atoms. The molecule has 204 valence electrons. The molecule has 1 aromatic carbocycles. The van der Waals surface area contributed by atoms with Gasteiger partial charge in [0.15, 0.2) is 5.82 Å². The lowest BCUT2D eigenvalue weighted by atomic mass is 10.2. The van der Waals surface area contributed by atoms with Gasteiger partial charge in [-0.1, -0.05) is 42.5 Å². The highest BCUT2D eigenvalue weighted by Crippen LogP contribution is 2.20. The summed E-state index contributed by atoms with van der Waals surface area (Å²) in [4.78, 5) is 40.1. The Hall–Kier alpha value is -3.60. The summed E-state index contributed by atoms with van der Waals surface area (Å²) in [7, 11) is 0. The Morgan fingerprint density at radius 3 is 2.29 bits per heavy atom. The van der Waals surface area contributed by atoms with Crippen molar-refractivity contribution in [1.82, 2.24) is 30.0 Å². The molecule has 1 aliphatic heterocycles. The van der Waals surface area contributed by atoms with Crippen LogP contribution in [0.1, 0.15) is 6.92 Å². The number of anilines is 2. The second kappa shape index (κ2) is 15.6. The maximum atomic E-state index is 12.9. The van der Waals surface area contributed by atoms with Crippen molar-refractivity contribution in [3.05, 3.63) is 61.7 Å². The number of amides is 2. The van der Waals surface area contributed by atoms with E-state index >= 15 is 0 Å². The van der Waals surface area contributed by atoms with Gasteiger partial charge in [0, 0.05) is 84.0 Å². The number of nitrogens with zero attached hydrogens (tertiary/aromatic N) is 5. The molecule has 1 fully saturated rings.